The fraction of sp³-hybridized carbons (Fsp3) is 0.800. The van der Waals surface area contributed by atoms with Crippen LogP contribution in [0.25, 0.3) is 0 Å². The molecular formula is C10H17N. The average molecular weight is 151 g/mol. The summed E-state index contributed by atoms with van der Waals surface area (Å²) in [6, 6.07) is 0.384. The van der Waals surface area contributed by atoms with Crippen molar-refractivity contribution >= 4 is 0 Å². The highest BCUT2D eigenvalue weighted by molar-refractivity contribution is 5.05. The molecule has 1 aliphatic heterocycles. The number of nitrogens with zero attached hydrogens (tertiary/aromatic N) is 1. The van der Waals surface area contributed by atoms with Crippen LogP contribution in [-0.2, 0) is 0 Å². The van der Waals surface area contributed by atoms with Gasteiger partial charge in [-0.05, 0) is 40.2 Å². The molecule has 0 bridgehead atoms. The van der Waals surface area contributed by atoms with Crippen molar-refractivity contribution in [2.24, 2.45) is 0 Å². The summed E-state index contributed by atoms with van der Waals surface area (Å²) in [5.74, 6) is 2.85. The Morgan fingerprint density at radius 1 is 1.45 bits per heavy atom. The molecule has 1 nitrogen and oxygen atoms in total. The van der Waals surface area contributed by atoms with Crippen LogP contribution in [0.1, 0.15) is 33.6 Å². The molecule has 0 saturated carbocycles. The summed E-state index contributed by atoms with van der Waals surface area (Å²) < 4.78 is 0. The zero-order chi connectivity index (χ0) is 8.48. The standard InChI is InChI=1S/C10H17N/c1-5-9-7-6-8-11(9)10(2,3)4/h1,9H,6-8H2,2-4H3/t9-/m1/s1. The maximum atomic E-state index is 5.43. The van der Waals surface area contributed by atoms with Gasteiger partial charge in [0.25, 0.3) is 0 Å². The third kappa shape index (κ3) is 1.75. The first-order valence-electron chi connectivity index (χ1n) is 4.28. The lowest BCUT2D eigenvalue weighted by Gasteiger charge is -2.34. The van der Waals surface area contributed by atoms with Gasteiger partial charge in [0, 0.05) is 5.54 Å². The third-order valence-electron chi connectivity index (χ3n) is 2.31. The molecule has 1 saturated heterocycles. The van der Waals surface area contributed by atoms with E-state index in [1.165, 1.54) is 19.4 Å². The highest BCUT2D eigenvalue weighted by Gasteiger charge is 2.31. The lowest BCUT2D eigenvalue weighted by atomic mass is 10.1. The van der Waals surface area contributed by atoms with Crippen LogP contribution in [0.15, 0.2) is 0 Å². The van der Waals surface area contributed by atoms with Crippen LogP contribution in [0.4, 0.5) is 0 Å². The maximum Gasteiger partial charge on any atom is 0.0716 e. The monoisotopic (exact) mass is 151 g/mol. The van der Waals surface area contributed by atoms with Gasteiger partial charge in [0.15, 0.2) is 0 Å². The smallest absolute Gasteiger partial charge is 0.0716 e. The Bertz CT molecular complexity index is 170. The molecular weight excluding hydrogens is 134 g/mol. The average Bonchev–Trinajstić information content (AvgIpc) is 2.31. The fourth-order valence-corrected chi connectivity index (χ4v) is 1.74. The Hall–Kier alpha value is -0.480. The highest BCUT2D eigenvalue weighted by atomic mass is 15.2. The molecule has 0 aromatic rings. The Morgan fingerprint density at radius 2 is 2.09 bits per heavy atom. The summed E-state index contributed by atoms with van der Waals surface area (Å²) in [6.45, 7) is 7.84. The second-order valence-corrected chi connectivity index (χ2v) is 4.19. The van der Waals surface area contributed by atoms with Gasteiger partial charge < -0.3 is 0 Å². The van der Waals surface area contributed by atoms with Gasteiger partial charge in [0.05, 0.1) is 6.04 Å². The zero-order valence-corrected chi connectivity index (χ0v) is 7.72. The first-order chi connectivity index (χ1) is 5.05. The van der Waals surface area contributed by atoms with Gasteiger partial charge in [-0.3, -0.25) is 4.90 Å². The molecule has 0 unspecified atom stereocenters. The Labute approximate surface area is 69.8 Å². The normalized spacial score (nSPS) is 26.9. The van der Waals surface area contributed by atoms with Crippen molar-refractivity contribution in [1.82, 2.24) is 4.90 Å². The van der Waals surface area contributed by atoms with Crippen LogP contribution in [0.3, 0.4) is 0 Å². The fourth-order valence-electron chi connectivity index (χ4n) is 1.74. The number of terminal acetylenes is 1. The largest absolute Gasteiger partial charge is 0.285 e. The van der Waals surface area contributed by atoms with Gasteiger partial charge in [-0.25, -0.2) is 0 Å². The van der Waals surface area contributed by atoms with Crippen molar-refractivity contribution in [2.45, 2.75) is 45.2 Å². The first kappa shape index (κ1) is 8.62. The van der Waals surface area contributed by atoms with E-state index < -0.39 is 0 Å². The van der Waals surface area contributed by atoms with Crippen molar-refractivity contribution in [3.05, 3.63) is 0 Å². The molecule has 1 aliphatic rings. The SMILES string of the molecule is C#C[C@@H]1CCCN1C(C)(C)C. The van der Waals surface area contributed by atoms with Crippen LogP contribution >= 0.6 is 0 Å². The van der Waals surface area contributed by atoms with Gasteiger partial charge in [-0.2, -0.15) is 0 Å². The number of hydrogen-bond acceptors (Lipinski definition) is 1. The van der Waals surface area contributed by atoms with Crippen LogP contribution < -0.4 is 0 Å². The lowest BCUT2D eigenvalue weighted by molar-refractivity contribution is 0.147. The minimum absolute atomic E-state index is 0.244. The number of likely N-dealkylation sites (tertiary alicyclic amines) is 1. The molecule has 0 N–H and O–H groups in total. The van der Waals surface area contributed by atoms with E-state index in [0.717, 1.165) is 0 Å². The molecule has 1 heteroatoms. The Balaban J connectivity index is 2.66. The molecule has 1 atom stereocenters. The number of hydrogen-bond donors (Lipinski definition) is 0. The quantitative estimate of drug-likeness (QED) is 0.478. The van der Waals surface area contributed by atoms with Crippen molar-refractivity contribution in [2.75, 3.05) is 6.54 Å². The second kappa shape index (κ2) is 2.87. The van der Waals surface area contributed by atoms with Gasteiger partial charge in [0.1, 0.15) is 0 Å². The maximum absolute atomic E-state index is 5.43. The van der Waals surface area contributed by atoms with E-state index in [-0.39, 0.29) is 5.54 Å². The van der Waals surface area contributed by atoms with E-state index in [2.05, 4.69) is 31.6 Å². The summed E-state index contributed by atoms with van der Waals surface area (Å²) in [4.78, 5) is 2.41. The Morgan fingerprint density at radius 3 is 2.45 bits per heavy atom. The third-order valence-corrected chi connectivity index (χ3v) is 2.31. The molecule has 0 aliphatic carbocycles. The predicted octanol–water partition coefficient (Wildman–Crippen LogP) is 1.88. The van der Waals surface area contributed by atoms with Crippen LogP contribution in [0.2, 0.25) is 0 Å². The van der Waals surface area contributed by atoms with Gasteiger partial charge in [0.2, 0.25) is 0 Å². The molecule has 0 aromatic carbocycles. The molecule has 0 aromatic heterocycles. The van der Waals surface area contributed by atoms with Crippen LogP contribution in [-0.4, -0.2) is 23.0 Å². The van der Waals surface area contributed by atoms with Crippen molar-refractivity contribution in [1.29, 1.82) is 0 Å². The van der Waals surface area contributed by atoms with Gasteiger partial charge in [-0.15, -0.1) is 6.42 Å². The van der Waals surface area contributed by atoms with E-state index in [1.807, 2.05) is 0 Å². The van der Waals surface area contributed by atoms with Crippen LogP contribution in [0, 0.1) is 12.3 Å². The topological polar surface area (TPSA) is 3.24 Å². The molecule has 1 rings (SSSR count). The zero-order valence-electron chi connectivity index (χ0n) is 7.72. The first-order valence-corrected chi connectivity index (χ1v) is 4.28. The van der Waals surface area contributed by atoms with E-state index in [0.29, 0.717) is 6.04 Å². The van der Waals surface area contributed by atoms with Gasteiger partial charge >= 0.3 is 0 Å². The van der Waals surface area contributed by atoms with E-state index >= 15 is 0 Å². The Kier molecular flexibility index (Phi) is 2.25. The molecule has 0 amide bonds. The van der Waals surface area contributed by atoms with Gasteiger partial charge in [-0.1, -0.05) is 5.92 Å². The lowest BCUT2D eigenvalue weighted by Crippen LogP contribution is -2.43. The molecule has 1 fully saturated rings. The number of rotatable bonds is 0. The predicted molar refractivity (Wildman–Crippen MR) is 48.3 cm³/mol. The minimum atomic E-state index is 0.244. The van der Waals surface area contributed by atoms with Crippen LogP contribution in [0.5, 0.6) is 0 Å². The van der Waals surface area contributed by atoms with E-state index in [9.17, 15) is 0 Å². The minimum Gasteiger partial charge on any atom is -0.285 e. The van der Waals surface area contributed by atoms with E-state index in [1.54, 1.807) is 0 Å². The second-order valence-electron chi connectivity index (χ2n) is 4.19. The van der Waals surface area contributed by atoms with Crippen molar-refractivity contribution in [3.63, 3.8) is 0 Å². The van der Waals surface area contributed by atoms with E-state index in [4.69, 9.17) is 6.42 Å². The highest BCUT2D eigenvalue weighted by Crippen LogP contribution is 2.25. The molecule has 0 radical (unpaired) electrons. The summed E-state index contributed by atoms with van der Waals surface area (Å²) in [7, 11) is 0. The summed E-state index contributed by atoms with van der Waals surface area (Å²) in [6.07, 6.45) is 7.86. The summed E-state index contributed by atoms with van der Waals surface area (Å²) in [5, 5.41) is 0. The van der Waals surface area contributed by atoms with Crippen molar-refractivity contribution in [3.8, 4) is 12.3 Å². The summed E-state index contributed by atoms with van der Waals surface area (Å²) in [5.41, 5.74) is 0.244. The molecule has 1 heterocycles. The molecule has 11 heavy (non-hydrogen) atoms. The summed E-state index contributed by atoms with van der Waals surface area (Å²) >= 11 is 0. The molecule has 62 valence electrons. The molecule has 0 spiro atoms. The van der Waals surface area contributed by atoms with Crippen molar-refractivity contribution < 1.29 is 0 Å².